The highest BCUT2D eigenvalue weighted by Crippen LogP contribution is 2.37. The van der Waals surface area contributed by atoms with Crippen LogP contribution in [0.1, 0.15) is 32.3 Å². The number of hydrogen-bond donors (Lipinski definition) is 2. The average Bonchev–Trinajstić information content (AvgIpc) is 3.06. The number of rotatable bonds is 4. The van der Waals surface area contributed by atoms with E-state index in [2.05, 4.69) is 5.32 Å². The molecule has 0 aromatic heterocycles. The third-order valence-electron chi connectivity index (χ3n) is 4.71. The van der Waals surface area contributed by atoms with Crippen molar-refractivity contribution >= 4 is 23.3 Å². The molecule has 0 aliphatic carbocycles. The Morgan fingerprint density at radius 3 is 2.43 bits per heavy atom. The van der Waals surface area contributed by atoms with Crippen LogP contribution in [0.3, 0.4) is 0 Å². The smallest absolute Gasteiger partial charge is 0.313 e. The molecule has 122 valence electrons. The van der Waals surface area contributed by atoms with E-state index in [4.69, 9.17) is 4.74 Å². The lowest BCUT2D eigenvalue weighted by Gasteiger charge is -2.20. The van der Waals surface area contributed by atoms with Gasteiger partial charge in [0.1, 0.15) is 6.10 Å². The monoisotopic (exact) mass is 317 g/mol. The Labute approximate surface area is 133 Å². The summed E-state index contributed by atoms with van der Waals surface area (Å²) in [6, 6.07) is 6.72. The first-order chi connectivity index (χ1) is 10.8. The van der Waals surface area contributed by atoms with Gasteiger partial charge in [-0.15, -0.1) is 0 Å². The molecule has 1 aromatic carbocycles. The standard InChI is InChI=1S/C17H19NO5/c1-17(2,16(21)22)9-3-5-10(6-4-9)18-15(20)12-7-11-8-13(19)14(12)23-11/h3-6,11-12,14H,7-8H2,1-2H3,(H,18,20)(H,21,22). The number of hydrogen-bond acceptors (Lipinski definition) is 4. The average molecular weight is 317 g/mol. The molecule has 0 saturated carbocycles. The minimum Gasteiger partial charge on any atom is -0.481 e. The number of carboxylic acids is 1. The van der Waals surface area contributed by atoms with Crippen LogP contribution in [0.15, 0.2) is 24.3 Å². The summed E-state index contributed by atoms with van der Waals surface area (Å²) in [7, 11) is 0. The first kappa shape index (κ1) is 15.7. The molecule has 2 aliphatic heterocycles. The zero-order valence-corrected chi connectivity index (χ0v) is 13.0. The van der Waals surface area contributed by atoms with Gasteiger partial charge in [0.05, 0.1) is 17.4 Å². The fraction of sp³-hybridized carbons (Fsp3) is 0.471. The lowest BCUT2D eigenvalue weighted by Crippen LogP contribution is -2.35. The van der Waals surface area contributed by atoms with Crippen LogP contribution in [-0.2, 0) is 24.5 Å². The molecule has 1 aromatic rings. The van der Waals surface area contributed by atoms with Gasteiger partial charge in [-0.1, -0.05) is 12.1 Å². The van der Waals surface area contributed by atoms with Crippen LogP contribution >= 0.6 is 0 Å². The summed E-state index contributed by atoms with van der Waals surface area (Å²) in [6.45, 7) is 3.25. The summed E-state index contributed by atoms with van der Waals surface area (Å²) < 4.78 is 5.47. The van der Waals surface area contributed by atoms with E-state index in [1.54, 1.807) is 38.1 Å². The quantitative estimate of drug-likeness (QED) is 0.882. The predicted molar refractivity (Wildman–Crippen MR) is 82.1 cm³/mol. The van der Waals surface area contributed by atoms with Gasteiger partial charge in [-0.05, 0) is 38.0 Å². The molecule has 2 aliphatic rings. The number of aliphatic carboxylic acids is 1. The molecule has 6 nitrogen and oxygen atoms in total. The highest BCUT2D eigenvalue weighted by atomic mass is 16.5. The first-order valence-corrected chi connectivity index (χ1v) is 7.62. The Balaban J connectivity index is 1.68. The molecule has 0 radical (unpaired) electrons. The van der Waals surface area contributed by atoms with Gasteiger partial charge in [0.25, 0.3) is 0 Å². The van der Waals surface area contributed by atoms with Gasteiger partial charge in [0.2, 0.25) is 5.91 Å². The van der Waals surface area contributed by atoms with Crippen LogP contribution in [0, 0.1) is 5.92 Å². The van der Waals surface area contributed by atoms with Crippen LogP contribution in [-0.4, -0.2) is 35.0 Å². The molecule has 3 atom stereocenters. The van der Waals surface area contributed by atoms with Gasteiger partial charge in [-0.25, -0.2) is 0 Å². The number of carbonyl (C=O) groups excluding carboxylic acids is 2. The van der Waals surface area contributed by atoms with Crippen molar-refractivity contribution in [1.29, 1.82) is 0 Å². The van der Waals surface area contributed by atoms with Gasteiger partial charge >= 0.3 is 5.97 Å². The maximum absolute atomic E-state index is 12.3. The van der Waals surface area contributed by atoms with Crippen LogP contribution in [0.2, 0.25) is 0 Å². The molecule has 2 N–H and O–H groups in total. The van der Waals surface area contributed by atoms with E-state index in [0.717, 1.165) is 0 Å². The van der Waals surface area contributed by atoms with E-state index in [0.29, 0.717) is 24.1 Å². The molecule has 23 heavy (non-hydrogen) atoms. The summed E-state index contributed by atoms with van der Waals surface area (Å²) in [5, 5.41) is 12.0. The predicted octanol–water partition coefficient (Wildman–Crippen LogP) is 1.73. The molecule has 6 heteroatoms. The molecule has 2 fully saturated rings. The van der Waals surface area contributed by atoms with Crippen molar-refractivity contribution in [2.75, 3.05) is 5.32 Å². The second kappa shape index (κ2) is 5.45. The number of nitrogens with one attached hydrogen (secondary N) is 1. The Morgan fingerprint density at radius 1 is 1.26 bits per heavy atom. The Hall–Kier alpha value is -2.21. The van der Waals surface area contributed by atoms with Crippen molar-refractivity contribution in [3.63, 3.8) is 0 Å². The third-order valence-corrected chi connectivity index (χ3v) is 4.71. The number of ketones is 1. The number of anilines is 1. The molecule has 0 spiro atoms. The van der Waals surface area contributed by atoms with E-state index in [1.165, 1.54) is 0 Å². The number of Topliss-reactive ketones (excluding diaryl/α,β-unsaturated/α-hetero) is 1. The molecule has 2 heterocycles. The van der Waals surface area contributed by atoms with Crippen LogP contribution in [0.5, 0.6) is 0 Å². The molecule has 2 saturated heterocycles. The van der Waals surface area contributed by atoms with Gasteiger partial charge in [0, 0.05) is 12.1 Å². The van der Waals surface area contributed by atoms with Gasteiger partial charge < -0.3 is 15.2 Å². The Kier molecular flexibility index (Phi) is 3.72. The molecular weight excluding hydrogens is 298 g/mol. The molecule has 2 bridgehead atoms. The summed E-state index contributed by atoms with van der Waals surface area (Å²) in [5.41, 5.74) is 0.240. The summed E-state index contributed by atoms with van der Waals surface area (Å²) in [5.74, 6) is -1.57. The maximum atomic E-state index is 12.3. The highest BCUT2D eigenvalue weighted by molar-refractivity contribution is 5.99. The van der Waals surface area contributed by atoms with E-state index in [-0.39, 0.29) is 17.8 Å². The van der Waals surface area contributed by atoms with Gasteiger partial charge in [-0.3, -0.25) is 14.4 Å². The van der Waals surface area contributed by atoms with Crippen molar-refractivity contribution in [1.82, 2.24) is 0 Å². The molecule has 3 rings (SSSR count). The zero-order valence-electron chi connectivity index (χ0n) is 13.0. The topological polar surface area (TPSA) is 92.7 Å². The summed E-state index contributed by atoms with van der Waals surface area (Å²) in [4.78, 5) is 35.2. The number of benzene rings is 1. The Morgan fingerprint density at radius 2 is 1.91 bits per heavy atom. The second-order valence-electron chi connectivity index (χ2n) is 6.69. The number of ether oxygens (including phenoxy) is 1. The first-order valence-electron chi connectivity index (χ1n) is 7.62. The number of amides is 1. The maximum Gasteiger partial charge on any atom is 0.313 e. The lowest BCUT2D eigenvalue weighted by atomic mass is 9.85. The largest absolute Gasteiger partial charge is 0.481 e. The van der Waals surface area contributed by atoms with Crippen molar-refractivity contribution in [2.45, 2.75) is 44.3 Å². The van der Waals surface area contributed by atoms with E-state index in [1.807, 2.05) is 0 Å². The molecule has 3 unspecified atom stereocenters. The van der Waals surface area contributed by atoms with Crippen LogP contribution < -0.4 is 5.32 Å². The normalized spacial score (nSPS) is 26.3. The minimum atomic E-state index is -0.993. The van der Waals surface area contributed by atoms with Crippen molar-refractivity contribution in [3.8, 4) is 0 Å². The van der Waals surface area contributed by atoms with E-state index in [9.17, 15) is 19.5 Å². The number of carboxylic acid groups (broad SMARTS) is 1. The van der Waals surface area contributed by atoms with Crippen LogP contribution in [0.4, 0.5) is 5.69 Å². The fourth-order valence-electron chi connectivity index (χ4n) is 3.11. The highest BCUT2D eigenvalue weighted by Gasteiger charge is 2.49. The number of fused-ring (bicyclic) bond motifs is 2. The zero-order chi connectivity index (χ0) is 16.8. The lowest BCUT2D eigenvalue weighted by molar-refractivity contribution is -0.142. The summed E-state index contributed by atoms with van der Waals surface area (Å²) >= 11 is 0. The van der Waals surface area contributed by atoms with E-state index < -0.39 is 23.4 Å². The van der Waals surface area contributed by atoms with E-state index >= 15 is 0 Å². The molecular formula is C17H19NO5. The second-order valence-corrected chi connectivity index (χ2v) is 6.69. The van der Waals surface area contributed by atoms with Crippen molar-refractivity contribution in [3.05, 3.63) is 29.8 Å². The molecule has 1 amide bonds. The minimum absolute atomic E-state index is 0.0000410. The van der Waals surface area contributed by atoms with Crippen LogP contribution in [0.25, 0.3) is 0 Å². The summed E-state index contributed by atoms with van der Waals surface area (Å²) in [6.07, 6.45) is 0.256. The van der Waals surface area contributed by atoms with Crippen molar-refractivity contribution < 1.29 is 24.2 Å². The SMILES string of the molecule is CC(C)(C(=O)O)c1ccc(NC(=O)C2CC3CC(=O)C2O3)cc1. The number of carbonyl (C=O) groups is 3. The van der Waals surface area contributed by atoms with Gasteiger partial charge in [0.15, 0.2) is 5.78 Å². The van der Waals surface area contributed by atoms with Gasteiger partial charge in [-0.2, -0.15) is 0 Å². The Bertz CT molecular complexity index is 664. The third kappa shape index (κ3) is 2.74. The van der Waals surface area contributed by atoms with Crippen molar-refractivity contribution in [2.24, 2.45) is 5.92 Å². The fourth-order valence-corrected chi connectivity index (χ4v) is 3.11.